The van der Waals surface area contributed by atoms with Crippen LogP contribution in [0.3, 0.4) is 0 Å². The van der Waals surface area contributed by atoms with Crippen molar-refractivity contribution in [1.82, 2.24) is 14.5 Å². The summed E-state index contributed by atoms with van der Waals surface area (Å²) in [5.74, 6) is 0.650. The molecule has 0 saturated carbocycles. The summed E-state index contributed by atoms with van der Waals surface area (Å²) < 4.78 is 1.81. The van der Waals surface area contributed by atoms with Gasteiger partial charge in [0, 0.05) is 43.2 Å². The van der Waals surface area contributed by atoms with Crippen LogP contribution in [-0.2, 0) is 17.8 Å². The van der Waals surface area contributed by atoms with Gasteiger partial charge in [-0.15, -0.1) is 0 Å². The maximum Gasteiger partial charge on any atom is 0.261 e. The van der Waals surface area contributed by atoms with E-state index < -0.39 is 0 Å². The van der Waals surface area contributed by atoms with Crippen LogP contribution < -0.4 is 10.9 Å². The molecule has 7 heteroatoms. The lowest BCUT2D eigenvalue weighted by atomic mass is 9.95. The molecule has 0 bridgehead atoms. The minimum absolute atomic E-state index is 0.00479. The monoisotopic (exact) mass is 458 g/mol. The smallest absolute Gasteiger partial charge is 0.261 e. The number of anilines is 1. The SMILES string of the molecule is O=C(Nc1ccccc1)C1CCN(C(=O)c2ccc3c(=O)n4c(nc3c2)CCCCCC4)CC1. The molecule has 2 aliphatic rings. The third-order valence-corrected chi connectivity index (χ3v) is 7.01. The first-order valence-electron chi connectivity index (χ1n) is 12.3. The number of aromatic nitrogens is 2. The molecule has 5 rings (SSSR count). The van der Waals surface area contributed by atoms with Crippen molar-refractivity contribution in [3.63, 3.8) is 0 Å². The second-order valence-electron chi connectivity index (χ2n) is 9.30. The highest BCUT2D eigenvalue weighted by Gasteiger charge is 2.28. The molecule has 1 N–H and O–H groups in total. The fraction of sp³-hybridized carbons (Fsp3) is 0.407. The Morgan fingerprint density at radius 3 is 2.47 bits per heavy atom. The van der Waals surface area contributed by atoms with Crippen LogP contribution in [0, 0.1) is 5.92 Å². The number of hydrogen-bond donors (Lipinski definition) is 1. The first-order valence-corrected chi connectivity index (χ1v) is 12.3. The van der Waals surface area contributed by atoms with Crippen LogP contribution >= 0.6 is 0 Å². The van der Waals surface area contributed by atoms with Crippen LogP contribution in [0.4, 0.5) is 5.69 Å². The number of carbonyl (C=O) groups excluding carboxylic acids is 2. The number of benzene rings is 2. The minimum Gasteiger partial charge on any atom is -0.339 e. The molecular formula is C27H30N4O3. The van der Waals surface area contributed by atoms with Crippen molar-refractivity contribution in [2.45, 2.75) is 51.5 Å². The van der Waals surface area contributed by atoms with Gasteiger partial charge in [-0.05, 0) is 56.0 Å². The van der Waals surface area contributed by atoms with E-state index in [1.54, 1.807) is 23.1 Å². The van der Waals surface area contributed by atoms with Gasteiger partial charge in [0.25, 0.3) is 11.5 Å². The van der Waals surface area contributed by atoms with Crippen molar-refractivity contribution in [3.05, 3.63) is 70.3 Å². The molecule has 3 heterocycles. The van der Waals surface area contributed by atoms with Crippen LogP contribution in [-0.4, -0.2) is 39.4 Å². The lowest BCUT2D eigenvalue weighted by Gasteiger charge is -2.31. The fourth-order valence-corrected chi connectivity index (χ4v) is 5.02. The number of para-hydroxylation sites is 1. The molecule has 1 aromatic heterocycles. The summed E-state index contributed by atoms with van der Waals surface area (Å²) in [6.07, 6.45) is 6.38. The van der Waals surface area contributed by atoms with Gasteiger partial charge in [-0.25, -0.2) is 4.98 Å². The van der Waals surface area contributed by atoms with E-state index in [1.165, 1.54) is 0 Å². The van der Waals surface area contributed by atoms with E-state index in [1.807, 2.05) is 34.9 Å². The molecule has 2 aromatic carbocycles. The van der Waals surface area contributed by atoms with E-state index in [0.29, 0.717) is 48.9 Å². The maximum atomic E-state index is 13.2. The normalized spacial score (nSPS) is 17.0. The summed E-state index contributed by atoms with van der Waals surface area (Å²) in [6, 6.07) is 14.7. The predicted molar refractivity (Wildman–Crippen MR) is 132 cm³/mol. The Morgan fingerprint density at radius 1 is 0.912 bits per heavy atom. The average molecular weight is 459 g/mol. The Labute approximate surface area is 198 Å². The van der Waals surface area contributed by atoms with E-state index in [-0.39, 0.29) is 23.3 Å². The van der Waals surface area contributed by atoms with Crippen LogP contribution in [0.25, 0.3) is 10.9 Å². The van der Waals surface area contributed by atoms with Gasteiger partial charge in [0.1, 0.15) is 5.82 Å². The number of aryl methyl sites for hydroxylation is 1. The lowest BCUT2D eigenvalue weighted by molar-refractivity contribution is -0.121. The Kier molecular flexibility index (Phi) is 6.43. The Morgan fingerprint density at radius 2 is 1.68 bits per heavy atom. The number of amides is 2. The van der Waals surface area contributed by atoms with Gasteiger partial charge in [0.15, 0.2) is 0 Å². The first kappa shape index (κ1) is 22.3. The maximum absolute atomic E-state index is 13.2. The number of nitrogens with zero attached hydrogens (tertiary/aromatic N) is 3. The Balaban J connectivity index is 1.28. The Bertz CT molecular complexity index is 1260. The standard InChI is InChI=1S/C27H30N4O3/c32-25(28-21-8-4-3-5-9-21)19-13-16-30(17-14-19)26(33)20-11-12-22-23(18-20)29-24-10-6-1-2-7-15-31(24)27(22)34/h3-5,8-9,11-12,18-19H,1-2,6-7,10,13-17H2,(H,28,32). The van der Waals surface area contributed by atoms with Crippen LogP contribution in [0.15, 0.2) is 53.3 Å². The van der Waals surface area contributed by atoms with Crippen LogP contribution in [0.2, 0.25) is 0 Å². The van der Waals surface area contributed by atoms with Crippen LogP contribution in [0.5, 0.6) is 0 Å². The van der Waals surface area contributed by atoms with E-state index in [4.69, 9.17) is 4.98 Å². The number of piperidine rings is 1. The molecule has 2 aliphatic heterocycles. The van der Waals surface area contributed by atoms with Gasteiger partial charge in [-0.3, -0.25) is 19.0 Å². The fourth-order valence-electron chi connectivity index (χ4n) is 5.02. The topological polar surface area (TPSA) is 84.3 Å². The van der Waals surface area contributed by atoms with Gasteiger partial charge in [-0.1, -0.05) is 31.0 Å². The zero-order chi connectivity index (χ0) is 23.5. The molecule has 1 saturated heterocycles. The summed E-state index contributed by atoms with van der Waals surface area (Å²) in [5.41, 5.74) is 1.92. The summed E-state index contributed by atoms with van der Waals surface area (Å²) in [5, 5.41) is 3.53. The summed E-state index contributed by atoms with van der Waals surface area (Å²) in [7, 11) is 0. The second kappa shape index (κ2) is 9.79. The van der Waals surface area contributed by atoms with Gasteiger partial charge < -0.3 is 10.2 Å². The molecular weight excluding hydrogens is 428 g/mol. The van der Waals surface area contributed by atoms with Crippen molar-refractivity contribution in [3.8, 4) is 0 Å². The Hall–Kier alpha value is -3.48. The number of likely N-dealkylation sites (tertiary alicyclic amines) is 1. The first-order chi connectivity index (χ1) is 16.6. The second-order valence-corrected chi connectivity index (χ2v) is 9.30. The van der Waals surface area contributed by atoms with Gasteiger partial charge >= 0.3 is 0 Å². The van der Waals surface area contributed by atoms with Crippen molar-refractivity contribution in [1.29, 1.82) is 0 Å². The van der Waals surface area contributed by atoms with Crippen molar-refractivity contribution in [2.24, 2.45) is 5.92 Å². The summed E-state index contributed by atoms with van der Waals surface area (Å²) in [6.45, 7) is 1.78. The molecule has 0 radical (unpaired) electrons. The van der Waals surface area contributed by atoms with Crippen LogP contribution in [0.1, 0.15) is 54.7 Å². The molecule has 7 nitrogen and oxygen atoms in total. The molecule has 34 heavy (non-hydrogen) atoms. The van der Waals surface area contributed by atoms with Gasteiger partial charge in [-0.2, -0.15) is 0 Å². The molecule has 1 fully saturated rings. The predicted octanol–water partition coefficient (Wildman–Crippen LogP) is 4.00. The molecule has 2 amide bonds. The van der Waals surface area contributed by atoms with Crippen molar-refractivity contribution < 1.29 is 9.59 Å². The van der Waals surface area contributed by atoms with Gasteiger partial charge in [0.2, 0.25) is 5.91 Å². The quantitative estimate of drug-likeness (QED) is 0.643. The zero-order valence-electron chi connectivity index (χ0n) is 19.3. The summed E-state index contributed by atoms with van der Waals surface area (Å²) >= 11 is 0. The van der Waals surface area contributed by atoms with E-state index in [2.05, 4.69) is 5.32 Å². The minimum atomic E-state index is -0.109. The van der Waals surface area contributed by atoms with Crippen molar-refractivity contribution >= 4 is 28.4 Å². The number of nitrogens with one attached hydrogen (secondary N) is 1. The lowest BCUT2D eigenvalue weighted by Crippen LogP contribution is -2.41. The highest BCUT2D eigenvalue weighted by molar-refractivity contribution is 5.98. The zero-order valence-corrected chi connectivity index (χ0v) is 19.3. The molecule has 0 spiro atoms. The number of hydrogen-bond acceptors (Lipinski definition) is 4. The van der Waals surface area contributed by atoms with E-state index in [0.717, 1.165) is 43.6 Å². The number of carbonyl (C=O) groups is 2. The molecule has 0 unspecified atom stereocenters. The molecule has 0 aliphatic carbocycles. The van der Waals surface area contributed by atoms with Gasteiger partial charge in [0.05, 0.1) is 10.9 Å². The van der Waals surface area contributed by atoms with E-state index in [9.17, 15) is 14.4 Å². The third-order valence-electron chi connectivity index (χ3n) is 7.01. The number of fused-ring (bicyclic) bond motifs is 2. The summed E-state index contributed by atoms with van der Waals surface area (Å²) in [4.78, 5) is 45.4. The largest absolute Gasteiger partial charge is 0.339 e. The molecule has 0 atom stereocenters. The van der Waals surface area contributed by atoms with Crippen molar-refractivity contribution in [2.75, 3.05) is 18.4 Å². The molecule has 3 aromatic rings. The third kappa shape index (κ3) is 4.60. The highest BCUT2D eigenvalue weighted by Crippen LogP contribution is 2.22. The molecule has 176 valence electrons. The average Bonchev–Trinajstić information content (AvgIpc) is 2.85. The highest BCUT2D eigenvalue weighted by atomic mass is 16.2. The van der Waals surface area contributed by atoms with E-state index >= 15 is 0 Å². The number of rotatable bonds is 3.